The highest BCUT2D eigenvalue weighted by Gasteiger charge is 2.29. The first-order chi connectivity index (χ1) is 12.8. The van der Waals surface area contributed by atoms with Gasteiger partial charge in [-0.1, -0.05) is 15.9 Å². The first-order valence-corrected chi connectivity index (χ1v) is 8.75. The molecular formula is C19H15BrN4O3. The summed E-state index contributed by atoms with van der Waals surface area (Å²) < 4.78 is 1.86. The van der Waals surface area contributed by atoms with Crippen molar-refractivity contribution in [1.82, 2.24) is 4.57 Å². The quantitative estimate of drug-likeness (QED) is 0.746. The van der Waals surface area contributed by atoms with E-state index in [-0.39, 0.29) is 28.5 Å². The van der Waals surface area contributed by atoms with Crippen molar-refractivity contribution in [3.63, 3.8) is 0 Å². The number of hydrogen-bond donors (Lipinski definition) is 1. The predicted octanol–water partition coefficient (Wildman–Crippen LogP) is 2.84. The number of halogens is 1. The van der Waals surface area contributed by atoms with Gasteiger partial charge in [0.1, 0.15) is 11.6 Å². The molecular weight excluding hydrogens is 412 g/mol. The molecule has 2 aromatic rings. The van der Waals surface area contributed by atoms with E-state index < -0.39 is 5.56 Å². The van der Waals surface area contributed by atoms with E-state index in [1.54, 1.807) is 38.1 Å². The van der Waals surface area contributed by atoms with E-state index in [1.807, 2.05) is 6.07 Å². The van der Waals surface area contributed by atoms with Gasteiger partial charge in [0.25, 0.3) is 11.5 Å². The Morgan fingerprint density at radius 2 is 1.85 bits per heavy atom. The Bertz CT molecular complexity index is 1120. The maximum Gasteiger partial charge on any atom is 0.280 e. The number of rotatable bonds is 2. The van der Waals surface area contributed by atoms with Crippen LogP contribution in [0.5, 0.6) is 5.88 Å². The first-order valence-electron chi connectivity index (χ1n) is 7.96. The molecule has 0 radical (unpaired) electrons. The highest BCUT2D eigenvalue weighted by molar-refractivity contribution is 9.10. The Labute approximate surface area is 163 Å². The Kier molecular flexibility index (Phi) is 4.72. The van der Waals surface area contributed by atoms with E-state index in [1.165, 1.54) is 18.1 Å². The molecule has 1 N–H and O–H groups in total. The Balaban J connectivity index is 2.12. The zero-order chi connectivity index (χ0) is 19.9. The molecule has 0 aliphatic carbocycles. The molecule has 3 rings (SSSR count). The zero-order valence-corrected chi connectivity index (χ0v) is 16.4. The van der Waals surface area contributed by atoms with Crippen molar-refractivity contribution in [2.24, 2.45) is 12.1 Å². The summed E-state index contributed by atoms with van der Waals surface area (Å²) in [6.45, 7) is 3.24. The van der Waals surface area contributed by atoms with Crippen LogP contribution in [-0.2, 0) is 11.8 Å². The summed E-state index contributed by atoms with van der Waals surface area (Å²) in [5.41, 5.74) is 1.23. The van der Waals surface area contributed by atoms with Gasteiger partial charge in [-0.05, 0) is 49.8 Å². The number of nitrogens with zero attached hydrogens (tertiary/aromatic N) is 4. The lowest BCUT2D eigenvalue weighted by Gasteiger charge is -2.13. The Morgan fingerprint density at radius 1 is 1.22 bits per heavy atom. The second-order valence-corrected chi connectivity index (χ2v) is 6.97. The third kappa shape index (κ3) is 3.06. The molecule has 0 saturated heterocycles. The minimum Gasteiger partial charge on any atom is -0.494 e. The third-order valence-corrected chi connectivity index (χ3v) is 4.92. The number of benzene rings is 1. The van der Waals surface area contributed by atoms with Crippen molar-refractivity contribution < 1.29 is 9.90 Å². The Morgan fingerprint density at radius 3 is 2.44 bits per heavy atom. The first kappa shape index (κ1) is 18.6. The summed E-state index contributed by atoms with van der Waals surface area (Å²) in [5.74, 6) is -0.673. The van der Waals surface area contributed by atoms with Crippen LogP contribution >= 0.6 is 15.9 Å². The van der Waals surface area contributed by atoms with Gasteiger partial charge in [0, 0.05) is 17.1 Å². The molecule has 1 aromatic carbocycles. The van der Waals surface area contributed by atoms with E-state index in [4.69, 9.17) is 0 Å². The standard InChI is InChI=1S/C19H15BrN4O3/c1-10-14(17(25)23(3)18(26)16(10)9-21)8-15-11(2)22-24(19(15)27)13-6-4-12(20)5-7-13/h4-8,25H,1-3H3/b15-8-. The van der Waals surface area contributed by atoms with E-state index in [2.05, 4.69) is 21.0 Å². The number of pyridine rings is 1. The van der Waals surface area contributed by atoms with Crippen LogP contribution in [0.2, 0.25) is 0 Å². The van der Waals surface area contributed by atoms with Crippen molar-refractivity contribution in [3.05, 3.63) is 61.4 Å². The maximum absolute atomic E-state index is 12.9. The van der Waals surface area contributed by atoms with Crippen molar-refractivity contribution >= 4 is 39.3 Å². The van der Waals surface area contributed by atoms with Crippen molar-refractivity contribution in [2.75, 3.05) is 5.01 Å². The largest absolute Gasteiger partial charge is 0.494 e. The minimum absolute atomic E-state index is 0.0769. The predicted molar refractivity (Wildman–Crippen MR) is 106 cm³/mol. The maximum atomic E-state index is 12.9. The minimum atomic E-state index is -0.589. The van der Waals surface area contributed by atoms with Crippen LogP contribution in [0, 0.1) is 18.3 Å². The van der Waals surface area contributed by atoms with Gasteiger partial charge in [-0.2, -0.15) is 15.4 Å². The smallest absolute Gasteiger partial charge is 0.280 e. The van der Waals surface area contributed by atoms with Gasteiger partial charge >= 0.3 is 0 Å². The average Bonchev–Trinajstić information content (AvgIpc) is 2.92. The van der Waals surface area contributed by atoms with Gasteiger partial charge in [0.15, 0.2) is 0 Å². The average molecular weight is 427 g/mol. The number of aromatic hydroxyl groups is 1. The number of carbonyl (C=O) groups excluding carboxylic acids is 1. The van der Waals surface area contributed by atoms with Crippen molar-refractivity contribution in [1.29, 1.82) is 5.26 Å². The number of hydrogen-bond acceptors (Lipinski definition) is 5. The second kappa shape index (κ2) is 6.85. The number of aromatic nitrogens is 1. The lowest BCUT2D eigenvalue weighted by atomic mass is 10.0. The van der Waals surface area contributed by atoms with Gasteiger partial charge < -0.3 is 5.11 Å². The van der Waals surface area contributed by atoms with Crippen LogP contribution in [-0.4, -0.2) is 21.3 Å². The van der Waals surface area contributed by atoms with Gasteiger partial charge in [-0.3, -0.25) is 14.2 Å². The lowest BCUT2D eigenvalue weighted by Crippen LogP contribution is -2.23. The molecule has 8 heteroatoms. The van der Waals surface area contributed by atoms with Crippen molar-refractivity contribution in [2.45, 2.75) is 13.8 Å². The molecule has 27 heavy (non-hydrogen) atoms. The SMILES string of the molecule is CC1=NN(c2ccc(Br)cc2)C(=O)/C1=C\c1c(C)c(C#N)c(=O)n(C)c1O. The van der Waals surface area contributed by atoms with Gasteiger partial charge in [-0.25, -0.2) is 0 Å². The van der Waals surface area contributed by atoms with Crippen LogP contribution < -0.4 is 10.6 Å². The fraction of sp³-hybridized carbons (Fsp3) is 0.158. The van der Waals surface area contributed by atoms with Crippen molar-refractivity contribution in [3.8, 4) is 11.9 Å². The topological polar surface area (TPSA) is 98.7 Å². The molecule has 1 aliphatic heterocycles. The highest BCUT2D eigenvalue weighted by Crippen LogP contribution is 2.29. The molecule has 1 aromatic heterocycles. The van der Waals surface area contributed by atoms with Gasteiger partial charge in [-0.15, -0.1) is 0 Å². The normalized spacial score (nSPS) is 15.2. The molecule has 0 atom stereocenters. The third-order valence-electron chi connectivity index (χ3n) is 4.39. The van der Waals surface area contributed by atoms with Crippen LogP contribution in [0.4, 0.5) is 5.69 Å². The molecule has 1 amide bonds. The molecule has 0 fully saturated rings. The van der Waals surface area contributed by atoms with Crippen LogP contribution in [0.3, 0.4) is 0 Å². The molecule has 0 bridgehead atoms. The number of hydrazone groups is 1. The summed E-state index contributed by atoms with van der Waals surface area (Å²) in [4.78, 5) is 24.9. The van der Waals surface area contributed by atoms with E-state index in [0.717, 1.165) is 9.04 Å². The molecule has 0 saturated carbocycles. The van der Waals surface area contributed by atoms with E-state index >= 15 is 0 Å². The van der Waals surface area contributed by atoms with E-state index in [9.17, 15) is 20.0 Å². The number of carbonyl (C=O) groups is 1. The van der Waals surface area contributed by atoms with Gasteiger partial charge in [0.05, 0.1) is 17.0 Å². The second-order valence-electron chi connectivity index (χ2n) is 6.05. The summed E-state index contributed by atoms with van der Waals surface area (Å²) in [7, 11) is 1.37. The van der Waals surface area contributed by atoms with E-state index in [0.29, 0.717) is 17.0 Å². The lowest BCUT2D eigenvalue weighted by molar-refractivity contribution is -0.114. The van der Waals surface area contributed by atoms with Gasteiger partial charge in [0.2, 0.25) is 5.88 Å². The molecule has 0 unspecified atom stereocenters. The Hall–Kier alpha value is -3.18. The van der Waals surface area contributed by atoms with Crippen LogP contribution in [0.15, 0.2) is 44.2 Å². The summed E-state index contributed by atoms with van der Waals surface area (Å²) >= 11 is 3.35. The van der Waals surface area contributed by atoms with Crippen LogP contribution in [0.1, 0.15) is 23.6 Å². The summed E-state index contributed by atoms with van der Waals surface area (Å²) in [6.07, 6.45) is 1.46. The highest BCUT2D eigenvalue weighted by atomic mass is 79.9. The number of amides is 1. The summed E-state index contributed by atoms with van der Waals surface area (Å²) in [6, 6.07) is 8.97. The zero-order valence-electron chi connectivity index (χ0n) is 14.8. The molecule has 7 nitrogen and oxygen atoms in total. The molecule has 0 spiro atoms. The van der Waals surface area contributed by atoms with Crippen LogP contribution in [0.25, 0.3) is 6.08 Å². The fourth-order valence-corrected chi connectivity index (χ4v) is 3.06. The fourth-order valence-electron chi connectivity index (χ4n) is 2.80. The molecule has 1 aliphatic rings. The summed E-state index contributed by atoms with van der Waals surface area (Å²) in [5, 5.41) is 25.2. The monoisotopic (exact) mass is 426 g/mol. The molecule has 2 heterocycles. The number of nitriles is 1. The number of anilines is 1. The molecule has 136 valence electrons.